The zero-order valence-electron chi connectivity index (χ0n) is 24.2. The van der Waals surface area contributed by atoms with Crippen LogP contribution in [0.25, 0.3) is 0 Å². The minimum atomic E-state index is -4.39. The number of hydrogen-bond acceptors (Lipinski definition) is 7. The van der Waals surface area contributed by atoms with E-state index >= 15 is 0 Å². The Balaban J connectivity index is 1.07. The summed E-state index contributed by atoms with van der Waals surface area (Å²) in [5, 5.41) is 0.591. The molecule has 1 fully saturated rings. The van der Waals surface area contributed by atoms with Crippen LogP contribution in [0, 0.1) is 0 Å². The molecule has 1 saturated heterocycles. The van der Waals surface area contributed by atoms with Crippen molar-refractivity contribution in [1.82, 2.24) is 9.80 Å². The second-order valence-corrected chi connectivity index (χ2v) is 12.7. The first-order valence-corrected chi connectivity index (χ1v) is 15.5. The van der Waals surface area contributed by atoms with Crippen molar-refractivity contribution in [3.63, 3.8) is 0 Å². The number of esters is 1. The van der Waals surface area contributed by atoms with Crippen LogP contribution in [0.2, 0.25) is 5.02 Å². The number of benzene rings is 3. The molecule has 0 bridgehead atoms. The number of carbonyl (C=O) groups is 1. The van der Waals surface area contributed by atoms with Crippen molar-refractivity contribution in [1.29, 1.82) is 0 Å². The van der Waals surface area contributed by atoms with Gasteiger partial charge in [0.05, 0.1) is 16.9 Å². The predicted molar refractivity (Wildman–Crippen MR) is 164 cm³/mol. The Morgan fingerprint density at radius 2 is 1.51 bits per heavy atom. The van der Waals surface area contributed by atoms with E-state index in [0.29, 0.717) is 29.5 Å². The fraction of sp³-hybridized carbons (Fsp3) is 0.406. The molecule has 3 aromatic carbocycles. The molecule has 0 unspecified atom stereocenters. The second kappa shape index (κ2) is 13.4. The van der Waals surface area contributed by atoms with Gasteiger partial charge in [-0.05, 0) is 81.4 Å². The molecule has 0 radical (unpaired) electrons. The fourth-order valence-corrected chi connectivity index (χ4v) is 6.42. The number of alkyl halides is 3. The molecule has 5 rings (SSSR count). The van der Waals surface area contributed by atoms with Crippen molar-refractivity contribution < 1.29 is 27.4 Å². The van der Waals surface area contributed by atoms with Gasteiger partial charge in [0, 0.05) is 54.1 Å². The van der Waals surface area contributed by atoms with Gasteiger partial charge in [-0.2, -0.15) is 13.2 Å². The lowest BCUT2D eigenvalue weighted by atomic mass is 10.1. The highest BCUT2D eigenvalue weighted by molar-refractivity contribution is 7.99. The highest BCUT2D eigenvalue weighted by Crippen LogP contribution is 2.49. The van der Waals surface area contributed by atoms with Gasteiger partial charge in [0.2, 0.25) is 0 Å². The van der Waals surface area contributed by atoms with Gasteiger partial charge in [0.1, 0.15) is 12.4 Å². The highest BCUT2D eigenvalue weighted by atomic mass is 35.5. The number of nitrogens with zero attached hydrogens (tertiary/aromatic N) is 3. The zero-order valence-corrected chi connectivity index (χ0v) is 25.8. The van der Waals surface area contributed by atoms with Gasteiger partial charge in [0.25, 0.3) is 0 Å². The van der Waals surface area contributed by atoms with Crippen LogP contribution in [0.1, 0.15) is 25.8 Å². The first-order valence-electron chi connectivity index (χ1n) is 14.3. The lowest BCUT2D eigenvalue weighted by Crippen LogP contribution is -2.48. The largest absolute Gasteiger partial charge is 0.476 e. The molecule has 2 aliphatic rings. The van der Waals surface area contributed by atoms with Crippen molar-refractivity contribution in [2.75, 3.05) is 57.3 Å². The Kier molecular flexibility index (Phi) is 9.80. The van der Waals surface area contributed by atoms with E-state index in [1.54, 1.807) is 44.2 Å². The van der Waals surface area contributed by atoms with E-state index in [1.165, 1.54) is 17.8 Å². The van der Waals surface area contributed by atoms with Crippen molar-refractivity contribution in [2.24, 2.45) is 0 Å². The van der Waals surface area contributed by atoms with Crippen LogP contribution in [0.15, 0.2) is 76.5 Å². The Hall–Kier alpha value is -2.92. The van der Waals surface area contributed by atoms with Crippen LogP contribution >= 0.6 is 23.4 Å². The van der Waals surface area contributed by atoms with E-state index in [4.69, 9.17) is 21.1 Å². The molecule has 230 valence electrons. The maximum Gasteiger partial charge on any atom is 0.416 e. The zero-order chi connectivity index (χ0) is 30.6. The number of fused-ring (bicyclic) bond motifs is 2. The van der Waals surface area contributed by atoms with Crippen LogP contribution in [0.5, 0.6) is 5.75 Å². The number of halogens is 4. The summed E-state index contributed by atoms with van der Waals surface area (Å²) in [5.41, 5.74) is -0.203. The summed E-state index contributed by atoms with van der Waals surface area (Å²) >= 11 is 7.43. The summed E-state index contributed by atoms with van der Waals surface area (Å²) in [6.07, 6.45) is -3.57. The standard InChI is InChI=1S/C32H35ClF3N3O3S/c1-31(2,42-25-11-9-24(33)10-12-25)30(40)41-21-20-38-18-16-37(17-19-38)14-5-15-39-26-6-3-4-7-28(26)43-29-13-8-23(22-27(29)39)32(34,35)36/h3-4,6-13,22H,5,14-21H2,1-2H3. The number of anilines is 2. The molecule has 43 heavy (non-hydrogen) atoms. The van der Waals surface area contributed by atoms with Crippen LogP contribution in [-0.2, 0) is 15.7 Å². The van der Waals surface area contributed by atoms with Crippen LogP contribution in [-0.4, -0.2) is 73.8 Å². The van der Waals surface area contributed by atoms with E-state index in [2.05, 4.69) is 9.80 Å². The second-order valence-electron chi connectivity index (χ2n) is 11.1. The van der Waals surface area contributed by atoms with Crippen LogP contribution < -0.4 is 9.64 Å². The summed E-state index contributed by atoms with van der Waals surface area (Å²) in [6.45, 7) is 9.19. The normalized spacial score (nSPS) is 16.0. The van der Waals surface area contributed by atoms with Crippen LogP contribution in [0.4, 0.5) is 24.5 Å². The molecule has 0 aromatic heterocycles. The average molecular weight is 634 g/mol. The van der Waals surface area contributed by atoms with E-state index in [1.807, 2.05) is 29.2 Å². The van der Waals surface area contributed by atoms with Crippen molar-refractivity contribution >= 4 is 40.7 Å². The van der Waals surface area contributed by atoms with Gasteiger partial charge in [0.15, 0.2) is 5.60 Å². The summed E-state index contributed by atoms with van der Waals surface area (Å²) in [5.74, 6) is 0.115. The number of ether oxygens (including phenoxy) is 2. The Morgan fingerprint density at radius 1 is 0.860 bits per heavy atom. The van der Waals surface area contributed by atoms with Gasteiger partial charge in [-0.25, -0.2) is 4.79 Å². The molecular formula is C32H35ClF3N3O3S. The number of carbonyl (C=O) groups excluding carboxylic acids is 1. The Morgan fingerprint density at radius 3 is 2.21 bits per heavy atom. The molecule has 0 N–H and O–H groups in total. The molecule has 2 heterocycles. The summed E-state index contributed by atoms with van der Waals surface area (Å²) in [7, 11) is 0. The lowest BCUT2D eigenvalue weighted by molar-refractivity contribution is -0.159. The number of para-hydroxylation sites is 1. The van der Waals surface area contributed by atoms with Crippen molar-refractivity contribution in [2.45, 2.75) is 41.8 Å². The molecule has 0 spiro atoms. The third-order valence-electron chi connectivity index (χ3n) is 7.59. The third kappa shape index (κ3) is 7.98. The van der Waals surface area contributed by atoms with Gasteiger partial charge in [-0.1, -0.05) is 35.5 Å². The summed E-state index contributed by atoms with van der Waals surface area (Å²) in [4.78, 5) is 21.2. The smallest absolute Gasteiger partial charge is 0.416 e. The highest BCUT2D eigenvalue weighted by Gasteiger charge is 2.34. The molecule has 0 aliphatic carbocycles. The predicted octanol–water partition coefficient (Wildman–Crippen LogP) is 7.37. The molecule has 0 atom stereocenters. The molecule has 2 aliphatic heterocycles. The third-order valence-corrected chi connectivity index (χ3v) is 8.98. The topological polar surface area (TPSA) is 45.3 Å². The first kappa shape index (κ1) is 31.5. The summed E-state index contributed by atoms with van der Waals surface area (Å²) < 4.78 is 51.8. The molecule has 0 amide bonds. The van der Waals surface area contributed by atoms with Gasteiger partial charge < -0.3 is 19.3 Å². The maximum atomic E-state index is 13.5. The molecule has 0 saturated carbocycles. The van der Waals surface area contributed by atoms with E-state index in [9.17, 15) is 18.0 Å². The SMILES string of the molecule is CC(C)(Oc1ccc(Cl)cc1)C(=O)OCCN1CCN(CCCN2c3ccccc3Sc3ccc(C(F)(F)F)cc32)CC1. The number of rotatable bonds is 10. The van der Waals surface area contributed by atoms with Gasteiger partial charge in [-0.3, -0.25) is 4.90 Å². The van der Waals surface area contributed by atoms with Crippen molar-refractivity contribution in [3.05, 3.63) is 77.3 Å². The summed E-state index contributed by atoms with van der Waals surface area (Å²) in [6, 6.07) is 18.7. The number of piperazine rings is 1. The van der Waals surface area contributed by atoms with Gasteiger partial charge >= 0.3 is 12.1 Å². The van der Waals surface area contributed by atoms with E-state index in [0.717, 1.165) is 60.7 Å². The van der Waals surface area contributed by atoms with Crippen molar-refractivity contribution in [3.8, 4) is 5.75 Å². The average Bonchev–Trinajstić information content (AvgIpc) is 2.98. The molecular weight excluding hydrogens is 599 g/mol. The first-order chi connectivity index (χ1) is 20.5. The van der Waals surface area contributed by atoms with E-state index in [-0.39, 0.29) is 6.61 Å². The monoisotopic (exact) mass is 633 g/mol. The molecule has 6 nitrogen and oxygen atoms in total. The Labute approximate surface area is 259 Å². The lowest BCUT2D eigenvalue weighted by Gasteiger charge is -2.36. The molecule has 3 aromatic rings. The fourth-order valence-electron chi connectivity index (χ4n) is 5.22. The maximum absolute atomic E-state index is 13.5. The van der Waals surface area contributed by atoms with Crippen LogP contribution in [0.3, 0.4) is 0 Å². The van der Waals surface area contributed by atoms with Gasteiger partial charge in [-0.15, -0.1) is 0 Å². The quantitative estimate of drug-likeness (QED) is 0.216. The number of hydrogen-bond donors (Lipinski definition) is 0. The van der Waals surface area contributed by atoms with E-state index < -0.39 is 23.3 Å². The molecule has 11 heteroatoms. The minimum Gasteiger partial charge on any atom is -0.476 e. The minimum absolute atomic E-state index is 0.276. The Bertz CT molecular complexity index is 1410.